The number of benzene rings is 2. The molecule has 0 spiro atoms. The van der Waals surface area contributed by atoms with E-state index in [1.54, 1.807) is 0 Å². The van der Waals surface area contributed by atoms with Gasteiger partial charge >= 0.3 is 5.97 Å². The third-order valence-corrected chi connectivity index (χ3v) is 4.75. The maximum atomic E-state index is 12.6. The quantitative estimate of drug-likeness (QED) is 0.830. The number of carbonyl (C=O) groups is 2. The molecular weight excluding hydrogens is 322 g/mol. The average Bonchev–Trinajstić information content (AvgIpc) is 2.65. The Bertz CT molecular complexity index is 853. The molecule has 24 heavy (non-hydrogen) atoms. The van der Waals surface area contributed by atoms with Gasteiger partial charge in [0.05, 0.1) is 10.6 Å². The van der Waals surface area contributed by atoms with Gasteiger partial charge in [0.1, 0.15) is 0 Å². The molecule has 0 atom stereocenters. The van der Waals surface area contributed by atoms with E-state index in [0.29, 0.717) is 10.6 Å². The van der Waals surface area contributed by atoms with Crippen LogP contribution in [0.15, 0.2) is 53.1 Å². The molecule has 1 heterocycles. The third-order valence-electron chi connectivity index (χ3n) is 3.57. The summed E-state index contributed by atoms with van der Waals surface area (Å²) in [7, 11) is 0. The van der Waals surface area contributed by atoms with Crippen LogP contribution in [0.1, 0.15) is 23.6 Å². The molecule has 0 saturated heterocycles. The zero-order valence-corrected chi connectivity index (χ0v) is 14.5. The minimum Gasteiger partial charge on any atom is -0.420 e. The van der Waals surface area contributed by atoms with Crippen molar-refractivity contribution in [2.75, 3.05) is 5.32 Å². The molecule has 5 heteroatoms. The normalized spacial score (nSPS) is 13.9. The van der Waals surface area contributed by atoms with Crippen LogP contribution in [-0.4, -0.2) is 11.9 Å². The van der Waals surface area contributed by atoms with E-state index in [9.17, 15) is 9.59 Å². The molecule has 122 valence electrons. The first-order valence-corrected chi connectivity index (χ1v) is 8.35. The number of anilines is 1. The van der Waals surface area contributed by atoms with Gasteiger partial charge in [-0.3, -0.25) is 9.59 Å². The van der Waals surface area contributed by atoms with Crippen LogP contribution in [0.4, 0.5) is 5.69 Å². The van der Waals surface area contributed by atoms with Crippen LogP contribution < -0.4 is 5.32 Å². The second kappa shape index (κ2) is 6.53. The first kappa shape index (κ1) is 16.3. The lowest BCUT2D eigenvalue weighted by molar-refractivity contribution is -0.139. The highest BCUT2D eigenvalue weighted by molar-refractivity contribution is 8.08. The van der Waals surface area contributed by atoms with Gasteiger partial charge < -0.3 is 10.1 Å². The SMILES string of the molecule is CC(=O)OC1=C(c2ccc(C)cc2)Sc2cc(C)ccc2NC1=O. The van der Waals surface area contributed by atoms with Gasteiger partial charge in [-0.2, -0.15) is 0 Å². The smallest absolute Gasteiger partial charge is 0.308 e. The molecule has 2 aromatic carbocycles. The van der Waals surface area contributed by atoms with Crippen molar-refractivity contribution < 1.29 is 14.3 Å². The van der Waals surface area contributed by atoms with Crippen LogP contribution in [-0.2, 0) is 14.3 Å². The van der Waals surface area contributed by atoms with Crippen molar-refractivity contribution in [3.63, 3.8) is 0 Å². The molecule has 1 aliphatic heterocycles. The summed E-state index contributed by atoms with van der Waals surface area (Å²) in [6, 6.07) is 13.6. The summed E-state index contributed by atoms with van der Waals surface area (Å²) in [4.78, 5) is 25.6. The van der Waals surface area contributed by atoms with Gasteiger partial charge in [0.15, 0.2) is 0 Å². The van der Waals surface area contributed by atoms with Gasteiger partial charge in [0, 0.05) is 11.8 Å². The van der Waals surface area contributed by atoms with Gasteiger partial charge in [-0.25, -0.2) is 0 Å². The number of rotatable bonds is 2. The van der Waals surface area contributed by atoms with Crippen molar-refractivity contribution in [2.24, 2.45) is 0 Å². The highest BCUT2D eigenvalue weighted by Crippen LogP contribution is 2.43. The van der Waals surface area contributed by atoms with E-state index >= 15 is 0 Å². The van der Waals surface area contributed by atoms with E-state index in [0.717, 1.165) is 21.6 Å². The Balaban J connectivity index is 2.16. The number of carbonyl (C=O) groups excluding carboxylic acids is 2. The summed E-state index contributed by atoms with van der Waals surface area (Å²) >= 11 is 1.42. The van der Waals surface area contributed by atoms with Crippen molar-refractivity contribution in [1.29, 1.82) is 0 Å². The second-order valence-electron chi connectivity index (χ2n) is 5.67. The number of ether oxygens (including phenoxy) is 1. The van der Waals surface area contributed by atoms with Crippen LogP contribution in [0, 0.1) is 13.8 Å². The first-order valence-electron chi connectivity index (χ1n) is 7.53. The Kier molecular flexibility index (Phi) is 4.44. The number of amides is 1. The number of hydrogen-bond donors (Lipinski definition) is 1. The topological polar surface area (TPSA) is 55.4 Å². The molecule has 1 N–H and O–H groups in total. The van der Waals surface area contributed by atoms with Gasteiger partial charge in [-0.05, 0) is 37.1 Å². The average molecular weight is 339 g/mol. The Morgan fingerprint density at radius 2 is 1.71 bits per heavy atom. The number of hydrogen-bond acceptors (Lipinski definition) is 4. The van der Waals surface area contributed by atoms with Crippen molar-refractivity contribution in [2.45, 2.75) is 25.7 Å². The van der Waals surface area contributed by atoms with Crippen LogP contribution in [0.3, 0.4) is 0 Å². The van der Waals surface area contributed by atoms with Crippen LogP contribution in [0.25, 0.3) is 4.91 Å². The fraction of sp³-hybridized carbons (Fsp3) is 0.158. The molecule has 0 radical (unpaired) electrons. The predicted molar refractivity (Wildman–Crippen MR) is 95.5 cm³/mol. The fourth-order valence-corrected chi connectivity index (χ4v) is 3.56. The highest BCUT2D eigenvalue weighted by Gasteiger charge is 2.26. The molecule has 2 aromatic rings. The number of esters is 1. The van der Waals surface area contributed by atoms with Gasteiger partial charge in [0.25, 0.3) is 5.91 Å². The summed E-state index contributed by atoms with van der Waals surface area (Å²) < 4.78 is 5.25. The number of aryl methyl sites for hydroxylation is 2. The Morgan fingerprint density at radius 1 is 1.04 bits per heavy atom. The van der Waals surface area contributed by atoms with Gasteiger partial charge in [-0.15, -0.1) is 0 Å². The molecule has 0 saturated carbocycles. The van der Waals surface area contributed by atoms with Crippen molar-refractivity contribution in [3.8, 4) is 0 Å². The first-order chi connectivity index (χ1) is 11.4. The molecule has 3 rings (SSSR count). The minimum atomic E-state index is -0.521. The molecule has 0 aliphatic carbocycles. The van der Waals surface area contributed by atoms with Gasteiger partial charge in [0.2, 0.25) is 5.76 Å². The van der Waals surface area contributed by atoms with E-state index in [1.165, 1.54) is 18.7 Å². The number of thioether (sulfide) groups is 1. The highest BCUT2D eigenvalue weighted by atomic mass is 32.2. The monoisotopic (exact) mass is 339 g/mol. The van der Waals surface area contributed by atoms with Crippen molar-refractivity contribution in [1.82, 2.24) is 0 Å². The van der Waals surface area contributed by atoms with E-state index in [4.69, 9.17) is 4.74 Å². The summed E-state index contributed by atoms with van der Waals surface area (Å²) in [5.41, 5.74) is 3.76. The summed E-state index contributed by atoms with van der Waals surface area (Å²) in [5.74, 6) is -0.909. The predicted octanol–water partition coefficient (Wildman–Crippen LogP) is 4.28. The Morgan fingerprint density at radius 3 is 2.38 bits per heavy atom. The van der Waals surface area contributed by atoms with Gasteiger partial charge in [-0.1, -0.05) is 47.7 Å². The standard InChI is InChI=1S/C19H17NO3S/c1-11-4-7-14(8-5-11)18-17(23-13(3)21)19(22)20-15-9-6-12(2)10-16(15)24-18/h4-10H,1-3H3,(H,20,22). The van der Waals surface area contributed by atoms with Crippen LogP contribution >= 0.6 is 11.8 Å². The summed E-state index contributed by atoms with van der Waals surface area (Å²) in [6.07, 6.45) is 0. The molecule has 0 bridgehead atoms. The minimum absolute atomic E-state index is 0.0326. The van der Waals surface area contributed by atoms with E-state index in [-0.39, 0.29) is 5.76 Å². The third kappa shape index (κ3) is 3.36. The summed E-state index contributed by atoms with van der Waals surface area (Å²) in [6.45, 7) is 5.28. The van der Waals surface area contributed by atoms with Crippen molar-refractivity contribution in [3.05, 3.63) is 64.9 Å². The maximum Gasteiger partial charge on any atom is 0.308 e. The fourth-order valence-electron chi connectivity index (χ4n) is 2.39. The van der Waals surface area contributed by atoms with Crippen LogP contribution in [0.2, 0.25) is 0 Å². The second-order valence-corrected chi connectivity index (χ2v) is 6.73. The van der Waals surface area contributed by atoms with E-state index in [2.05, 4.69) is 5.32 Å². The number of nitrogens with one attached hydrogen (secondary N) is 1. The largest absolute Gasteiger partial charge is 0.420 e. The molecule has 4 nitrogen and oxygen atoms in total. The lowest BCUT2D eigenvalue weighted by Crippen LogP contribution is -2.18. The van der Waals surface area contributed by atoms with Crippen molar-refractivity contribution >= 4 is 34.2 Å². The zero-order valence-electron chi connectivity index (χ0n) is 13.7. The summed E-state index contributed by atoms with van der Waals surface area (Å²) in [5, 5.41) is 2.82. The Hall–Kier alpha value is -2.53. The zero-order chi connectivity index (χ0) is 17.3. The van der Waals surface area contributed by atoms with E-state index < -0.39 is 11.9 Å². The molecule has 0 aromatic heterocycles. The molecule has 1 aliphatic rings. The molecule has 0 fully saturated rings. The lowest BCUT2D eigenvalue weighted by atomic mass is 10.1. The molecule has 0 unspecified atom stereocenters. The lowest BCUT2D eigenvalue weighted by Gasteiger charge is -2.11. The van der Waals surface area contributed by atoms with Crippen LogP contribution in [0.5, 0.6) is 0 Å². The Labute approximate surface area is 144 Å². The number of fused-ring (bicyclic) bond motifs is 1. The molecule has 1 amide bonds. The maximum absolute atomic E-state index is 12.6. The molecular formula is C19H17NO3S. The van der Waals surface area contributed by atoms with E-state index in [1.807, 2.05) is 56.3 Å².